The Labute approximate surface area is 95.5 Å². The minimum atomic E-state index is 0.554. The van der Waals surface area contributed by atoms with Crippen LogP contribution in [0.5, 0.6) is 0 Å². The topological polar surface area (TPSA) is 56.7 Å². The fourth-order valence-corrected chi connectivity index (χ4v) is 1.82. The van der Waals surface area contributed by atoms with Crippen LogP contribution in [0.25, 0.3) is 11.0 Å². The highest BCUT2D eigenvalue weighted by Gasteiger charge is 2.08. The largest absolute Gasteiger partial charge is 0.331 e. The number of nitrogens with zero attached hydrogens (tertiary/aromatic N) is 3. The van der Waals surface area contributed by atoms with E-state index in [-0.39, 0.29) is 0 Å². The average Bonchev–Trinajstić information content (AvgIpc) is 2.64. The molecule has 0 fully saturated rings. The molecule has 1 atom stereocenters. The van der Waals surface area contributed by atoms with E-state index in [0.717, 1.165) is 36.2 Å². The molecule has 4 heteroatoms. The lowest BCUT2D eigenvalue weighted by Gasteiger charge is -2.07. The van der Waals surface area contributed by atoms with Gasteiger partial charge in [-0.25, -0.2) is 4.98 Å². The van der Waals surface area contributed by atoms with Gasteiger partial charge in [-0.15, -0.1) is 0 Å². The van der Waals surface area contributed by atoms with Crippen molar-refractivity contribution in [1.82, 2.24) is 14.5 Å². The van der Waals surface area contributed by atoms with Crippen LogP contribution in [-0.4, -0.2) is 21.1 Å². The predicted molar refractivity (Wildman–Crippen MR) is 65.0 cm³/mol. The van der Waals surface area contributed by atoms with Crippen LogP contribution >= 0.6 is 0 Å². The molecule has 0 spiro atoms. The number of imidazole rings is 1. The molecule has 16 heavy (non-hydrogen) atoms. The molecular formula is C12H18N4. The highest BCUT2D eigenvalue weighted by Crippen LogP contribution is 2.15. The number of hydrogen-bond donors (Lipinski definition) is 1. The predicted octanol–water partition coefficient (Wildman–Crippen LogP) is 1.50. The molecular weight excluding hydrogens is 200 g/mol. The van der Waals surface area contributed by atoms with Gasteiger partial charge in [0, 0.05) is 19.7 Å². The lowest BCUT2D eigenvalue weighted by molar-refractivity contribution is 0.531. The van der Waals surface area contributed by atoms with Crippen LogP contribution in [0.4, 0.5) is 0 Å². The third-order valence-electron chi connectivity index (χ3n) is 3.04. The summed E-state index contributed by atoms with van der Waals surface area (Å²) in [4.78, 5) is 8.66. The maximum atomic E-state index is 5.61. The molecule has 0 radical (unpaired) electrons. The highest BCUT2D eigenvalue weighted by atomic mass is 15.1. The molecule has 0 saturated carbocycles. The van der Waals surface area contributed by atoms with Crippen LogP contribution < -0.4 is 5.73 Å². The maximum absolute atomic E-state index is 5.61. The smallest absolute Gasteiger partial charge is 0.109 e. The zero-order valence-electron chi connectivity index (χ0n) is 9.85. The molecule has 2 aromatic heterocycles. The van der Waals surface area contributed by atoms with E-state index in [4.69, 9.17) is 5.73 Å². The van der Waals surface area contributed by atoms with Crippen molar-refractivity contribution in [2.75, 3.05) is 6.54 Å². The van der Waals surface area contributed by atoms with E-state index in [1.807, 2.05) is 12.3 Å². The Bertz CT molecular complexity index is 475. The van der Waals surface area contributed by atoms with Gasteiger partial charge in [-0.1, -0.05) is 6.92 Å². The van der Waals surface area contributed by atoms with Crippen molar-refractivity contribution in [3.63, 3.8) is 0 Å². The molecule has 1 unspecified atom stereocenters. The zero-order valence-corrected chi connectivity index (χ0v) is 9.85. The van der Waals surface area contributed by atoms with Gasteiger partial charge < -0.3 is 10.3 Å². The van der Waals surface area contributed by atoms with Crippen molar-refractivity contribution in [2.24, 2.45) is 18.7 Å². The SMILES string of the molecule is CC(CN)CCc1nc2cnccc2n1C. The monoisotopic (exact) mass is 218 g/mol. The third kappa shape index (κ3) is 2.07. The average molecular weight is 218 g/mol. The molecule has 2 rings (SSSR count). The highest BCUT2D eigenvalue weighted by molar-refractivity contribution is 5.74. The Morgan fingerprint density at radius 2 is 2.31 bits per heavy atom. The molecule has 4 nitrogen and oxygen atoms in total. The molecule has 0 aliphatic carbocycles. The van der Waals surface area contributed by atoms with Gasteiger partial charge in [-0.05, 0) is 24.9 Å². The number of pyridine rings is 1. The summed E-state index contributed by atoms with van der Waals surface area (Å²) in [6, 6.07) is 2.00. The van der Waals surface area contributed by atoms with Crippen LogP contribution in [0.3, 0.4) is 0 Å². The van der Waals surface area contributed by atoms with E-state index < -0.39 is 0 Å². The standard InChI is InChI=1S/C12H18N4/c1-9(7-13)3-4-12-15-10-8-14-6-5-11(10)16(12)2/h5-6,8-9H,3-4,7,13H2,1-2H3. The maximum Gasteiger partial charge on any atom is 0.109 e. The van der Waals surface area contributed by atoms with E-state index in [1.165, 1.54) is 0 Å². The third-order valence-corrected chi connectivity index (χ3v) is 3.04. The van der Waals surface area contributed by atoms with Gasteiger partial charge in [0.25, 0.3) is 0 Å². The second-order valence-electron chi connectivity index (χ2n) is 4.33. The Balaban J connectivity index is 2.21. The van der Waals surface area contributed by atoms with Crippen molar-refractivity contribution < 1.29 is 0 Å². The van der Waals surface area contributed by atoms with E-state index in [1.54, 1.807) is 6.20 Å². The lowest BCUT2D eigenvalue weighted by atomic mass is 10.1. The van der Waals surface area contributed by atoms with E-state index in [0.29, 0.717) is 5.92 Å². The molecule has 0 aliphatic rings. The van der Waals surface area contributed by atoms with E-state index in [9.17, 15) is 0 Å². The van der Waals surface area contributed by atoms with Gasteiger partial charge in [-0.3, -0.25) is 4.98 Å². The first-order valence-corrected chi connectivity index (χ1v) is 5.67. The molecule has 0 aliphatic heterocycles. The fraction of sp³-hybridized carbons (Fsp3) is 0.500. The first-order valence-electron chi connectivity index (χ1n) is 5.67. The van der Waals surface area contributed by atoms with Crippen LogP contribution in [0.15, 0.2) is 18.5 Å². The van der Waals surface area contributed by atoms with Crippen LogP contribution in [0.1, 0.15) is 19.2 Å². The zero-order chi connectivity index (χ0) is 11.5. The molecule has 0 saturated heterocycles. The number of aromatic nitrogens is 3. The van der Waals surface area contributed by atoms with Crippen LogP contribution in [0.2, 0.25) is 0 Å². The first kappa shape index (κ1) is 11.1. The molecule has 2 N–H and O–H groups in total. The number of fused-ring (bicyclic) bond motifs is 1. The first-order chi connectivity index (χ1) is 7.72. The molecule has 86 valence electrons. The molecule has 0 bridgehead atoms. The molecule has 0 aromatic carbocycles. The van der Waals surface area contributed by atoms with Crippen molar-refractivity contribution in [3.05, 3.63) is 24.3 Å². The summed E-state index contributed by atoms with van der Waals surface area (Å²) in [7, 11) is 2.05. The number of rotatable bonds is 4. The number of nitrogens with two attached hydrogens (primary N) is 1. The second kappa shape index (κ2) is 4.61. The summed E-state index contributed by atoms with van der Waals surface area (Å²) in [5.41, 5.74) is 7.73. The van der Waals surface area contributed by atoms with Crippen LogP contribution in [-0.2, 0) is 13.5 Å². The van der Waals surface area contributed by atoms with Gasteiger partial charge in [0.05, 0.1) is 11.7 Å². The summed E-state index contributed by atoms with van der Waals surface area (Å²) >= 11 is 0. The Hall–Kier alpha value is -1.42. The minimum absolute atomic E-state index is 0.554. The van der Waals surface area contributed by atoms with Gasteiger partial charge in [0.1, 0.15) is 11.3 Å². The van der Waals surface area contributed by atoms with Gasteiger partial charge in [0.15, 0.2) is 0 Å². The summed E-state index contributed by atoms with van der Waals surface area (Å²) in [5, 5.41) is 0. The normalized spacial score (nSPS) is 13.2. The molecule has 2 aromatic rings. The lowest BCUT2D eigenvalue weighted by Crippen LogP contribution is -2.12. The Morgan fingerprint density at radius 3 is 3.00 bits per heavy atom. The molecule has 2 heterocycles. The quantitative estimate of drug-likeness (QED) is 0.846. The summed E-state index contributed by atoms with van der Waals surface area (Å²) in [6.07, 6.45) is 5.67. The van der Waals surface area contributed by atoms with E-state index >= 15 is 0 Å². The van der Waals surface area contributed by atoms with Gasteiger partial charge >= 0.3 is 0 Å². The summed E-state index contributed by atoms with van der Waals surface area (Å²) in [5.74, 6) is 1.67. The van der Waals surface area contributed by atoms with Crippen molar-refractivity contribution >= 4 is 11.0 Å². The minimum Gasteiger partial charge on any atom is -0.331 e. The van der Waals surface area contributed by atoms with Crippen molar-refractivity contribution in [3.8, 4) is 0 Å². The Morgan fingerprint density at radius 1 is 1.50 bits per heavy atom. The van der Waals surface area contributed by atoms with Crippen LogP contribution in [0, 0.1) is 5.92 Å². The Kier molecular flexibility index (Phi) is 3.19. The van der Waals surface area contributed by atoms with Crippen molar-refractivity contribution in [1.29, 1.82) is 0 Å². The fourth-order valence-electron chi connectivity index (χ4n) is 1.82. The van der Waals surface area contributed by atoms with E-state index in [2.05, 4.69) is 28.5 Å². The van der Waals surface area contributed by atoms with Gasteiger partial charge in [-0.2, -0.15) is 0 Å². The van der Waals surface area contributed by atoms with Gasteiger partial charge in [0.2, 0.25) is 0 Å². The second-order valence-corrected chi connectivity index (χ2v) is 4.33. The number of aryl methyl sites for hydroxylation is 2. The van der Waals surface area contributed by atoms with Crippen molar-refractivity contribution in [2.45, 2.75) is 19.8 Å². The number of hydrogen-bond acceptors (Lipinski definition) is 3. The molecule has 0 amide bonds. The summed E-state index contributed by atoms with van der Waals surface area (Å²) < 4.78 is 2.14. The summed E-state index contributed by atoms with van der Waals surface area (Å²) in [6.45, 7) is 2.91.